The van der Waals surface area contributed by atoms with Crippen LogP contribution in [0.5, 0.6) is 0 Å². The SMILES string of the molecule is O=C(CCC1CCCC1)N1CCC2(CC1)CN(c1ccc(F)cc1)C(=O)CO2. The lowest BCUT2D eigenvalue weighted by Gasteiger charge is -2.47. The summed E-state index contributed by atoms with van der Waals surface area (Å²) in [7, 11) is 0. The summed E-state index contributed by atoms with van der Waals surface area (Å²) in [5.74, 6) is 0.567. The van der Waals surface area contributed by atoms with Gasteiger partial charge in [0, 0.05) is 25.2 Å². The van der Waals surface area contributed by atoms with Crippen molar-refractivity contribution in [3.8, 4) is 0 Å². The molecule has 1 aromatic rings. The fraction of sp³-hybridized carbons (Fsp3) is 0.636. The van der Waals surface area contributed by atoms with E-state index in [1.54, 1.807) is 17.0 Å². The van der Waals surface area contributed by atoms with Crippen LogP contribution in [0.1, 0.15) is 51.4 Å². The summed E-state index contributed by atoms with van der Waals surface area (Å²) < 4.78 is 19.2. The van der Waals surface area contributed by atoms with E-state index in [0.29, 0.717) is 31.7 Å². The Morgan fingerprint density at radius 3 is 2.50 bits per heavy atom. The predicted octanol–water partition coefficient (Wildman–Crippen LogP) is 3.52. The standard InChI is InChI=1S/C22H29FN2O3/c23-18-6-8-19(9-7-18)25-16-22(28-15-21(25)27)11-13-24(14-12-22)20(26)10-5-17-3-1-2-4-17/h6-9,17H,1-5,10-16H2. The van der Waals surface area contributed by atoms with E-state index in [4.69, 9.17) is 4.74 Å². The normalized spacial score (nSPS) is 22.8. The van der Waals surface area contributed by atoms with E-state index in [1.165, 1.54) is 37.8 Å². The van der Waals surface area contributed by atoms with Crippen LogP contribution in [0.3, 0.4) is 0 Å². The van der Waals surface area contributed by atoms with E-state index in [-0.39, 0.29) is 24.2 Å². The summed E-state index contributed by atoms with van der Waals surface area (Å²) in [5.41, 5.74) is 0.286. The average Bonchev–Trinajstić information content (AvgIpc) is 3.23. The van der Waals surface area contributed by atoms with Crippen molar-refractivity contribution < 1.29 is 18.7 Å². The molecule has 0 aromatic heterocycles. The van der Waals surface area contributed by atoms with Gasteiger partial charge in [0.15, 0.2) is 0 Å². The molecule has 1 spiro atoms. The van der Waals surface area contributed by atoms with Crippen LogP contribution >= 0.6 is 0 Å². The van der Waals surface area contributed by atoms with Crippen molar-refractivity contribution in [2.24, 2.45) is 5.92 Å². The zero-order valence-corrected chi connectivity index (χ0v) is 16.4. The van der Waals surface area contributed by atoms with E-state index in [0.717, 1.165) is 25.2 Å². The first-order valence-electron chi connectivity index (χ1n) is 10.5. The molecular weight excluding hydrogens is 359 g/mol. The summed E-state index contributed by atoms with van der Waals surface area (Å²) in [5, 5.41) is 0. The number of hydrogen-bond donors (Lipinski definition) is 0. The number of anilines is 1. The van der Waals surface area contributed by atoms with Gasteiger partial charge in [-0.1, -0.05) is 25.7 Å². The number of carbonyl (C=O) groups excluding carboxylic acids is 2. The molecule has 0 unspecified atom stereocenters. The molecule has 152 valence electrons. The van der Waals surface area contributed by atoms with Gasteiger partial charge in [0.25, 0.3) is 5.91 Å². The Morgan fingerprint density at radius 2 is 1.82 bits per heavy atom. The molecule has 3 aliphatic rings. The van der Waals surface area contributed by atoms with Gasteiger partial charge in [0.2, 0.25) is 5.91 Å². The maximum Gasteiger partial charge on any atom is 0.253 e. The lowest BCUT2D eigenvalue weighted by atomic mass is 9.88. The number of amides is 2. The van der Waals surface area contributed by atoms with Crippen LogP contribution < -0.4 is 4.90 Å². The fourth-order valence-electron chi connectivity index (χ4n) is 4.82. The Balaban J connectivity index is 1.33. The number of piperidine rings is 1. The number of benzene rings is 1. The van der Waals surface area contributed by atoms with Gasteiger partial charge in [-0.2, -0.15) is 0 Å². The molecule has 0 atom stereocenters. The first-order valence-corrected chi connectivity index (χ1v) is 10.5. The molecule has 0 radical (unpaired) electrons. The molecule has 3 fully saturated rings. The van der Waals surface area contributed by atoms with Crippen molar-refractivity contribution >= 4 is 17.5 Å². The number of rotatable bonds is 4. The summed E-state index contributed by atoms with van der Waals surface area (Å²) in [4.78, 5) is 28.6. The number of hydrogen-bond acceptors (Lipinski definition) is 3. The zero-order chi connectivity index (χ0) is 19.6. The number of likely N-dealkylation sites (tertiary alicyclic amines) is 1. The lowest BCUT2D eigenvalue weighted by Crippen LogP contribution is -2.59. The highest BCUT2D eigenvalue weighted by atomic mass is 19.1. The van der Waals surface area contributed by atoms with E-state index in [2.05, 4.69) is 0 Å². The Hall–Kier alpha value is -1.95. The van der Waals surface area contributed by atoms with Crippen molar-refractivity contribution in [1.29, 1.82) is 0 Å². The van der Waals surface area contributed by atoms with Crippen molar-refractivity contribution in [3.63, 3.8) is 0 Å². The van der Waals surface area contributed by atoms with Crippen LogP contribution in [0.15, 0.2) is 24.3 Å². The molecule has 0 bridgehead atoms. The number of carbonyl (C=O) groups is 2. The van der Waals surface area contributed by atoms with Crippen LogP contribution in [0.2, 0.25) is 0 Å². The molecule has 2 aliphatic heterocycles. The summed E-state index contributed by atoms with van der Waals surface area (Å²) in [6.45, 7) is 1.85. The van der Waals surface area contributed by atoms with Crippen LogP contribution in [-0.4, -0.2) is 48.6 Å². The van der Waals surface area contributed by atoms with Crippen LogP contribution in [0.4, 0.5) is 10.1 Å². The van der Waals surface area contributed by atoms with Gasteiger partial charge in [-0.15, -0.1) is 0 Å². The summed E-state index contributed by atoms with van der Waals surface area (Å²) >= 11 is 0. The molecule has 6 heteroatoms. The van der Waals surface area contributed by atoms with Gasteiger partial charge in [-0.05, 0) is 49.4 Å². The molecule has 0 N–H and O–H groups in total. The fourth-order valence-corrected chi connectivity index (χ4v) is 4.82. The largest absolute Gasteiger partial charge is 0.363 e. The van der Waals surface area contributed by atoms with Gasteiger partial charge >= 0.3 is 0 Å². The second-order valence-corrected chi connectivity index (χ2v) is 8.50. The van der Waals surface area contributed by atoms with Gasteiger partial charge in [0.05, 0.1) is 12.1 Å². The smallest absolute Gasteiger partial charge is 0.253 e. The second-order valence-electron chi connectivity index (χ2n) is 8.50. The summed E-state index contributed by atoms with van der Waals surface area (Å²) in [6.07, 6.45) is 8.30. The number of nitrogens with zero attached hydrogens (tertiary/aromatic N) is 2. The molecule has 2 heterocycles. The molecule has 4 rings (SSSR count). The molecule has 28 heavy (non-hydrogen) atoms. The number of ether oxygens (including phenoxy) is 1. The summed E-state index contributed by atoms with van der Waals surface area (Å²) in [6, 6.07) is 6.01. The van der Waals surface area contributed by atoms with Crippen molar-refractivity contribution in [3.05, 3.63) is 30.1 Å². The van der Waals surface area contributed by atoms with Crippen LogP contribution in [0, 0.1) is 11.7 Å². The third-order valence-electron chi connectivity index (χ3n) is 6.66. The van der Waals surface area contributed by atoms with E-state index >= 15 is 0 Å². The highest BCUT2D eigenvalue weighted by Crippen LogP contribution is 2.34. The Bertz CT molecular complexity index is 707. The van der Waals surface area contributed by atoms with Gasteiger partial charge < -0.3 is 14.5 Å². The molecule has 5 nitrogen and oxygen atoms in total. The van der Waals surface area contributed by atoms with Gasteiger partial charge in [0.1, 0.15) is 12.4 Å². The molecule has 2 amide bonds. The van der Waals surface area contributed by atoms with Crippen molar-refractivity contribution in [2.75, 3.05) is 31.1 Å². The minimum atomic E-state index is -0.412. The van der Waals surface area contributed by atoms with Crippen molar-refractivity contribution in [2.45, 2.75) is 57.0 Å². The monoisotopic (exact) mass is 388 g/mol. The average molecular weight is 388 g/mol. The molecule has 1 aliphatic carbocycles. The first-order chi connectivity index (χ1) is 13.5. The van der Waals surface area contributed by atoms with E-state index in [9.17, 15) is 14.0 Å². The first kappa shape index (κ1) is 19.4. The highest BCUT2D eigenvalue weighted by molar-refractivity contribution is 5.95. The maximum atomic E-state index is 13.2. The Morgan fingerprint density at radius 1 is 1.14 bits per heavy atom. The zero-order valence-electron chi connectivity index (χ0n) is 16.4. The third kappa shape index (κ3) is 4.22. The minimum Gasteiger partial charge on any atom is -0.363 e. The Labute approximate surface area is 165 Å². The molecule has 1 aromatic carbocycles. The van der Waals surface area contributed by atoms with E-state index < -0.39 is 5.60 Å². The Kier molecular flexibility index (Phi) is 5.67. The third-order valence-corrected chi connectivity index (χ3v) is 6.66. The van der Waals surface area contributed by atoms with Gasteiger partial charge in [-0.3, -0.25) is 9.59 Å². The molecule has 1 saturated carbocycles. The number of morpholine rings is 1. The van der Waals surface area contributed by atoms with Crippen LogP contribution in [-0.2, 0) is 14.3 Å². The van der Waals surface area contributed by atoms with Crippen LogP contribution in [0.25, 0.3) is 0 Å². The highest BCUT2D eigenvalue weighted by Gasteiger charge is 2.43. The van der Waals surface area contributed by atoms with Crippen molar-refractivity contribution in [1.82, 2.24) is 4.90 Å². The molecular formula is C22H29FN2O3. The quantitative estimate of drug-likeness (QED) is 0.793. The minimum absolute atomic E-state index is 0.0347. The lowest BCUT2D eigenvalue weighted by molar-refractivity contribution is -0.150. The second kappa shape index (κ2) is 8.19. The predicted molar refractivity (Wildman–Crippen MR) is 104 cm³/mol. The molecule has 2 saturated heterocycles. The van der Waals surface area contributed by atoms with E-state index in [1.807, 2.05) is 4.90 Å². The number of halogens is 1. The van der Waals surface area contributed by atoms with Gasteiger partial charge in [-0.25, -0.2) is 4.39 Å². The maximum absolute atomic E-state index is 13.2. The topological polar surface area (TPSA) is 49.9 Å².